The van der Waals surface area contributed by atoms with E-state index in [1.165, 1.54) is 0 Å². The van der Waals surface area contributed by atoms with E-state index in [0.717, 1.165) is 0 Å². The quantitative estimate of drug-likeness (QED) is 0.818. The molecule has 0 unspecified atom stereocenters. The highest BCUT2D eigenvalue weighted by Crippen LogP contribution is 2.25. The summed E-state index contributed by atoms with van der Waals surface area (Å²) in [5, 5.41) is 3.05. The topological polar surface area (TPSA) is 81.2 Å². The lowest BCUT2D eigenvalue weighted by Crippen LogP contribution is -2.12. The first kappa shape index (κ1) is 12.4. The molecule has 0 radical (unpaired) electrons. The van der Waals surface area contributed by atoms with Crippen molar-refractivity contribution in [3.8, 4) is 0 Å². The van der Waals surface area contributed by atoms with Crippen molar-refractivity contribution in [3.05, 3.63) is 40.6 Å². The zero-order valence-corrected chi connectivity index (χ0v) is 10.7. The fourth-order valence-electron chi connectivity index (χ4n) is 1.56. The molecule has 0 fully saturated rings. The monoisotopic (exact) mass is 265 g/mol. The summed E-state index contributed by atoms with van der Waals surface area (Å²) in [5.41, 5.74) is 7.12. The van der Waals surface area contributed by atoms with E-state index in [2.05, 4.69) is 10.3 Å². The van der Waals surface area contributed by atoms with E-state index in [4.69, 9.17) is 21.8 Å². The Labute approximate surface area is 109 Å². The van der Waals surface area contributed by atoms with Gasteiger partial charge in [-0.3, -0.25) is 4.79 Å². The fourth-order valence-corrected chi connectivity index (χ4v) is 1.72. The third-order valence-corrected chi connectivity index (χ3v) is 2.68. The number of hydrogen-bond donors (Lipinski definition) is 2. The minimum absolute atomic E-state index is 0.172. The van der Waals surface area contributed by atoms with E-state index in [1.807, 2.05) is 0 Å². The molecule has 1 heterocycles. The van der Waals surface area contributed by atoms with Gasteiger partial charge in [-0.2, -0.15) is 0 Å². The number of amides is 1. The third kappa shape index (κ3) is 2.46. The summed E-state index contributed by atoms with van der Waals surface area (Å²) < 4.78 is 5.22. The fraction of sp³-hybridized carbons (Fsp3) is 0.167. The van der Waals surface area contributed by atoms with Crippen LogP contribution in [-0.4, -0.2) is 10.9 Å². The smallest absolute Gasteiger partial charge is 0.293 e. The number of carbonyl (C=O) groups excluding carboxylic acids is 1. The highest BCUT2D eigenvalue weighted by Gasteiger charge is 2.17. The molecule has 5 nitrogen and oxygen atoms in total. The molecule has 0 aliphatic carbocycles. The molecule has 3 N–H and O–H groups in total. The van der Waals surface area contributed by atoms with Crippen molar-refractivity contribution < 1.29 is 9.21 Å². The molecule has 18 heavy (non-hydrogen) atoms. The number of hydrogen-bond acceptors (Lipinski definition) is 4. The minimum atomic E-state index is -0.402. The summed E-state index contributed by atoms with van der Waals surface area (Å²) in [5.74, 6) is 0.211. The molecule has 0 spiro atoms. The largest absolute Gasteiger partial charge is 0.436 e. The van der Waals surface area contributed by atoms with Crippen LogP contribution in [0.2, 0.25) is 5.02 Å². The summed E-state index contributed by atoms with van der Waals surface area (Å²) in [6, 6.07) is 4.85. The number of rotatable bonds is 2. The predicted molar refractivity (Wildman–Crippen MR) is 69.8 cm³/mol. The molecule has 6 heteroatoms. The summed E-state index contributed by atoms with van der Waals surface area (Å²) >= 11 is 5.96. The highest BCUT2D eigenvalue weighted by atomic mass is 35.5. The molecule has 0 saturated carbocycles. The molecule has 0 bridgehead atoms. The lowest BCUT2D eigenvalue weighted by Gasteiger charge is -2.06. The number of anilines is 2. The van der Waals surface area contributed by atoms with Crippen LogP contribution in [0.15, 0.2) is 22.6 Å². The van der Waals surface area contributed by atoms with Crippen molar-refractivity contribution in [3.63, 3.8) is 0 Å². The van der Waals surface area contributed by atoms with Crippen LogP contribution in [0.1, 0.15) is 22.1 Å². The van der Waals surface area contributed by atoms with Gasteiger partial charge in [0, 0.05) is 12.6 Å². The van der Waals surface area contributed by atoms with Gasteiger partial charge in [-0.25, -0.2) is 4.98 Å². The molecule has 0 aliphatic rings. The van der Waals surface area contributed by atoms with Crippen LogP contribution >= 0.6 is 11.6 Å². The Balaban J connectivity index is 2.26. The molecule has 2 rings (SSSR count). The van der Waals surface area contributed by atoms with E-state index in [0.29, 0.717) is 28.0 Å². The SMILES string of the molecule is Cc1nc(C)c(C(=O)Nc2cc(N)ccc2Cl)o1. The van der Waals surface area contributed by atoms with Crippen LogP contribution in [0, 0.1) is 13.8 Å². The minimum Gasteiger partial charge on any atom is -0.436 e. The molecule has 1 amide bonds. The molecular formula is C12H12ClN3O2. The maximum atomic E-state index is 12.0. The van der Waals surface area contributed by atoms with Gasteiger partial charge in [0.1, 0.15) is 0 Å². The van der Waals surface area contributed by atoms with E-state index in [9.17, 15) is 4.79 Å². The van der Waals surface area contributed by atoms with Crippen molar-refractivity contribution in [1.29, 1.82) is 0 Å². The molecule has 0 saturated heterocycles. The second-order valence-electron chi connectivity index (χ2n) is 3.84. The van der Waals surface area contributed by atoms with Crippen LogP contribution in [0.4, 0.5) is 11.4 Å². The van der Waals surface area contributed by atoms with Crippen molar-refractivity contribution >= 4 is 28.9 Å². The van der Waals surface area contributed by atoms with Gasteiger partial charge in [0.05, 0.1) is 16.4 Å². The van der Waals surface area contributed by atoms with Gasteiger partial charge < -0.3 is 15.5 Å². The standard InChI is InChI=1S/C12H12ClN3O2/c1-6-11(18-7(2)15-6)12(17)16-10-5-8(14)3-4-9(10)13/h3-5H,14H2,1-2H3,(H,16,17). The Kier molecular flexibility index (Phi) is 3.25. The van der Waals surface area contributed by atoms with E-state index in [-0.39, 0.29) is 5.76 Å². The lowest BCUT2D eigenvalue weighted by atomic mass is 10.2. The molecule has 1 aromatic carbocycles. The summed E-state index contributed by atoms with van der Waals surface area (Å²) in [4.78, 5) is 16.0. The number of carbonyl (C=O) groups is 1. The van der Waals surface area contributed by atoms with Crippen molar-refractivity contribution in [1.82, 2.24) is 4.98 Å². The van der Waals surface area contributed by atoms with Gasteiger partial charge in [-0.15, -0.1) is 0 Å². The third-order valence-electron chi connectivity index (χ3n) is 2.35. The average Bonchev–Trinajstić information content (AvgIpc) is 2.63. The number of aryl methyl sites for hydroxylation is 2. The van der Waals surface area contributed by atoms with Crippen LogP contribution in [-0.2, 0) is 0 Å². The molecule has 2 aromatic rings. The van der Waals surface area contributed by atoms with Crippen LogP contribution in [0.25, 0.3) is 0 Å². The Morgan fingerprint density at radius 1 is 1.44 bits per heavy atom. The molecule has 94 valence electrons. The Morgan fingerprint density at radius 2 is 2.17 bits per heavy atom. The van der Waals surface area contributed by atoms with E-state index in [1.54, 1.807) is 32.0 Å². The Bertz CT molecular complexity index is 607. The van der Waals surface area contributed by atoms with Gasteiger partial charge in [0.15, 0.2) is 5.89 Å². The van der Waals surface area contributed by atoms with E-state index >= 15 is 0 Å². The molecule has 0 aliphatic heterocycles. The molecule has 0 atom stereocenters. The maximum absolute atomic E-state index is 12.0. The molecular weight excluding hydrogens is 254 g/mol. The highest BCUT2D eigenvalue weighted by molar-refractivity contribution is 6.34. The van der Waals surface area contributed by atoms with Crippen LogP contribution < -0.4 is 11.1 Å². The number of nitrogens with one attached hydrogen (secondary N) is 1. The first-order valence-electron chi connectivity index (χ1n) is 5.28. The first-order chi connectivity index (χ1) is 8.47. The number of aromatic nitrogens is 1. The summed E-state index contributed by atoms with van der Waals surface area (Å²) in [6.07, 6.45) is 0. The zero-order valence-electron chi connectivity index (χ0n) is 9.95. The maximum Gasteiger partial charge on any atom is 0.293 e. The summed E-state index contributed by atoms with van der Waals surface area (Å²) in [6.45, 7) is 3.38. The first-order valence-corrected chi connectivity index (χ1v) is 5.65. The lowest BCUT2D eigenvalue weighted by molar-refractivity contribution is 0.0994. The van der Waals surface area contributed by atoms with Crippen LogP contribution in [0.5, 0.6) is 0 Å². The summed E-state index contributed by atoms with van der Waals surface area (Å²) in [7, 11) is 0. The predicted octanol–water partition coefficient (Wildman–Crippen LogP) is 2.78. The van der Waals surface area contributed by atoms with Gasteiger partial charge in [0.2, 0.25) is 5.76 Å². The zero-order chi connectivity index (χ0) is 13.3. The number of nitrogens with two attached hydrogens (primary N) is 1. The normalized spacial score (nSPS) is 10.4. The van der Waals surface area contributed by atoms with Gasteiger partial charge in [0.25, 0.3) is 5.91 Å². The Hall–Kier alpha value is -2.01. The number of nitrogens with zero attached hydrogens (tertiary/aromatic N) is 1. The van der Waals surface area contributed by atoms with E-state index < -0.39 is 5.91 Å². The van der Waals surface area contributed by atoms with Gasteiger partial charge in [-0.05, 0) is 25.1 Å². The van der Waals surface area contributed by atoms with Crippen molar-refractivity contribution in [2.45, 2.75) is 13.8 Å². The Morgan fingerprint density at radius 3 is 2.78 bits per heavy atom. The second kappa shape index (κ2) is 4.70. The number of nitrogen functional groups attached to an aromatic ring is 1. The molecule has 1 aromatic heterocycles. The second-order valence-corrected chi connectivity index (χ2v) is 4.25. The average molecular weight is 266 g/mol. The van der Waals surface area contributed by atoms with Crippen molar-refractivity contribution in [2.75, 3.05) is 11.1 Å². The van der Waals surface area contributed by atoms with Crippen molar-refractivity contribution in [2.24, 2.45) is 0 Å². The van der Waals surface area contributed by atoms with Crippen LogP contribution in [0.3, 0.4) is 0 Å². The number of oxazole rings is 1. The number of halogens is 1. The van der Waals surface area contributed by atoms with Gasteiger partial charge in [-0.1, -0.05) is 11.6 Å². The van der Waals surface area contributed by atoms with Gasteiger partial charge >= 0.3 is 0 Å². The number of benzene rings is 1.